The van der Waals surface area contributed by atoms with Crippen LogP contribution in [0.15, 0.2) is 4.99 Å². The van der Waals surface area contributed by atoms with E-state index in [2.05, 4.69) is 35.9 Å². The molecule has 1 heterocycles. The van der Waals surface area contributed by atoms with Gasteiger partial charge in [-0.1, -0.05) is 13.8 Å². The van der Waals surface area contributed by atoms with Crippen LogP contribution in [0.5, 0.6) is 0 Å². The zero-order chi connectivity index (χ0) is 17.8. The Labute approximate surface area is 170 Å². The first-order chi connectivity index (χ1) is 11.7. The Morgan fingerprint density at radius 1 is 1.28 bits per heavy atom. The van der Waals surface area contributed by atoms with Crippen molar-refractivity contribution in [3.05, 3.63) is 0 Å². The number of carbonyl (C=O) groups excluding carboxylic acids is 1. The molecule has 0 aliphatic carbocycles. The highest BCUT2D eigenvalue weighted by Gasteiger charge is 2.28. The van der Waals surface area contributed by atoms with Crippen LogP contribution in [0.4, 0.5) is 0 Å². The van der Waals surface area contributed by atoms with Gasteiger partial charge in [-0.05, 0) is 46.2 Å². The van der Waals surface area contributed by atoms with Crippen molar-refractivity contribution in [2.24, 2.45) is 10.9 Å². The number of guanidine groups is 1. The lowest BCUT2D eigenvalue weighted by molar-refractivity contribution is -0.149. The highest BCUT2D eigenvalue weighted by atomic mass is 127. The second kappa shape index (κ2) is 14.6. The Morgan fingerprint density at radius 3 is 2.64 bits per heavy atom. The topological polar surface area (TPSA) is 57.2 Å². The molecule has 0 aromatic heterocycles. The van der Waals surface area contributed by atoms with Gasteiger partial charge in [0.05, 0.1) is 19.1 Å². The van der Waals surface area contributed by atoms with Crippen molar-refractivity contribution in [1.29, 1.82) is 0 Å². The minimum Gasteiger partial charge on any atom is -0.466 e. The third-order valence-electron chi connectivity index (χ3n) is 4.34. The maximum atomic E-state index is 12.0. The van der Waals surface area contributed by atoms with Gasteiger partial charge in [0.25, 0.3) is 0 Å². The van der Waals surface area contributed by atoms with Gasteiger partial charge in [0.15, 0.2) is 5.96 Å². The van der Waals surface area contributed by atoms with Crippen LogP contribution in [-0.4, -0.2) is 74.1 Å². The van der Waals surface area contributed by atoms with E-state index < -0.39 is 0 Å². The van der Waals surface area contributed by atoms with E-state index in [0.717, 1.165) is 58.1 Å². The molecule has 1 aliphatic heterocycles. The lowest BCUT2D eigenvalue weighted by Gasteiger charge is -2.34. The second-order valence-corrected chi connectivity index (χ2v) is 6.21. The molecule has 0 bridgehead atoms. The van der Waals surface area contributed by atoms with Crippen LogP contribution in [-0.2, 0) is 9.53 Å². The fourth-order valence-electron chi connectivity index (χ4n) is 3.09. The normalized spacial score (nSPS) is 18.0. The number of halogens is 1. The minimum atomic E-state index is -0.0712. The Morgan fingerprint density at radius 2 is 2.04 bits per heavy atom. The van der Waals surface area contributed by atoms with Crippen molar-refractivity contribution in [1.82, 2.24) is 15.1 Å². The first-order valence-electron chi connectivity index (χ1n) is 9.58. The number of hydrogen-bond acceptors (Lipinski definition) is 4. The summed E-state index contributed by atoms with van der Waals surface area (Å²) in [5, 5.41) is 3.37. The van der Waals surface area contributed by atoms with E-state index in [0.29, 0.717) is 13.2 Å². The van der Waals surface area contributed by atoms with Gasteiger partial charge >= 0.3 is 5.97 Å². The SMILES string of the molecule is CCCN(CC)CCN=C(NCC)N1CCCC(C(=O)OCC)C1.I. The highest BCUT2D eigenvalue weighted by molar-refractivity contribution is 14.0. The van der Waals surface area contributed by atoms with Crippen molar-refractivity contribution in [3.63, 3.8) is 0 Å². The molecule has 0 aromatic carbocycles. The van der Waals surface area contributed by atoms with Gasteiger partial charge in [-0.2, -0.15) is 0 Å². The number of likely N-dealkylation sites (N-methyl/N-ethyl adjacent to an activating group) is 1. The summed E-state index contributed by atoms with van der Waals surface area (Å²) >= 11 is 0. The molecule has 1 aliphatic rings. The van der Waals surface area contributed by atoms with Crippen molar-refractivity contribution < 1.29 is 9.53 Å². The van der Waals surface area contributed by atoms with Crippen LogP contribution in [0.25, 0.3) is 0 Å². The van der Waals surface area contributed by atoms with Crippen LogP contribution in [0.2, 0.25) is 0 Å². The van der Waals surface area contributed by atoms with Crippen molar-refractivity contribution in [2.75, 3.05) is 52.4 Å². The van der Waals surface area contributed by atoms with E-state index in [9.17, 15) is 4.79 Å². The largest absolute Gasteiger partial charge is 0.466 e. The average molecular weight is 468 g/mol. The molecule has 0 aromatic rings. The molecule has 1 N–H and O–H groups in total. The summed E-state index contributed by atoms with van der Waals surface area (Å²) in [6.07, 6.45) is 3.09. The predicted molar refractivity (Wildman–Crippen MR) is 115 cm³/mol. The number of esters is 1. The average Bonchev–Trinajstić information content (AvgIpc) is 2.60. The highest BCUT2D eigenvalue weighted by Crippen LogP contribution is 2.18. The number of nitrogens with one attached hydrogen (secondary N) is 1. The molecular formula is C18H37IN4O2. The van der Waals surface area contributed by atoms with Crippen LogP contribution < -0.4 is 5.32 Å². The Hall–Kier alpha value is -0.570. The molecular weight excluding hydrogens is 431 g/mol. The molecule has 148 valence electrons. The van der Waals surface area contributed by atoms with Gasteiger partial charge in [-0.25, -0.2) is 0 Å². The number of piperidine rings is 1. The summed E-state index contributed by atoms with van der Waals surface area (Å²) in [5.74, 6) is 0.826. The molecule has 1 fully saturated rings. The van der Waals surface area contributed by atoms with Gasteiger partial charge in [0, 0.05) is 26.2 Å². The monoisotopic (exact) mass is 468 g/mol. The molecule has 1 saturated heterocycles. The number of hydrogen-bond donors (Lipinski definition) is 1. The van der Waals surface area contributed by atoms with E-state index in [1.165, 1.54) is 6.42 Å². The molecule has 25 heavy (non-hydrogen) atoms. The first kappa shape index (κ1) is 24.4. The summed E-state index contributed by atoms with van der Waals surface area (Å²) < 4.78 is 5.19. The van der Waals surface area contributed by atoms with Gasteiger partial charge < -0.3 is 19.9 Å². The number of carbonyl (C=O) groups is 1. The predicted octanol–water partition coefficient (Wildman–Crippen LogP) is 2.58. The smallest absolute Gasteiger partial charge is 0.310 e. The Kier molecular flexibility index (Phi) is 14.3. The molecule has 7 heteroatoms. The third kappa shape index (κ3) is 9.08. The van der Waals surface area contributed by atoms with Crippen LogP contribution in [0, 0.1) is 5.92 Å². The molecule has 0 spiro atoms. The number of ether oxygens (including phenoxy) is 1. The van der Waals surface area contributed by atoms with Gasteiger partial charge in [-0.3, -0.25) is 9.79 Å². The molecule has 1 rings (SSSR count). The molecule has 1 atom stereocenters. The summed E-state index contributed by atoms with van der Waals surface area (Å²) in [6.45, 7) is 15.2. The van der Waals surface area contributed by atoms with Crippen molar-refractivity contribution in [2.45, 2.75) is 47.0 Å². The maximum Gasteiger partial charge on any atom is 0.310 e. The Balaban J connectivity index is 0.00000576. The lowest BCUT2D eigenvalue weighted by atomic mass is 9.98. The standard InChI is InChI=1S/C18H36N4O2.HI/c1-5-12-21(7-3)14-11-20-18(19-6-2)22-13-9-10-16(15-22)17(23)24-8-4;/h16H,5-15H2,1-4H3,(H,19,20);1H. The van der Waals surface area contributed by atoms with Crippen LogP contribution >= 0.6 is 24.0 Å². The second-order valence-electron chi connectivity index (χ2n) is 6.21. The number of aliphatic imine (C=N–C) groups is 1. The van der Waals surface area contributed by atoms with Gasteiger partial charge in [-0.15, -0.1) is 24.0 Å². The van der Waals surface area contributed by atoms with Gasteiger partial charge in [0.1, 0.15) is 0 Å². The van der Waals surface area contributed by atoms with Crippen LogP contribution in [0.3, 0.4) is 0 Å². The minimum absolute atomic E-state index is 0. The molecule has 1 unspecified atom stereocenters. The summed E-state index contributed by atoms with van der Waals surface area (Å²) in [4.78, 5) is 21.4. The fraction of sp³-hybridized carbons (Fsp3) is 0.889. The van der Waals surface area contributed by atoms with E-state index >= 15 is 0 Å². The zero-order valence-electron chi connectivity index (χ0n) is 16.4. The van der Waals surface area contributed by atoms with Crippen molar-refractivity contribution >= 4 is 35.9 Å². The lowest BCUT2D eigenvalue weighted by Crippen LogP contribution is -2.48. The molecule has 0 saturated carbocycles. The summed E-state index contributed by atoms with van der Waals surface area (Å²) in [7, 11) is 0. The molecule has 0 radical (unpaired) electrons. The summed E-state index contributed by atoms with van der Waals surface area (Å²) in [6, 6.07) is 0. The quantitative estimate of drug-likeness (QED) is 0.244. The van der Waals surface area contributed by atoms with E-state index in [1.807, 2.05) is 6.92 Å². The third-order valence-corrected chi connectivity index (χ3v) is 4.34. The number of likely N-dealkylation sites (tertiary alicyclic amines) is 1. The van der Waals surface area contributed by atoms with Gasteiger partial charge in [0.2, 0.25) is 0 Å². The molecule has 6 nitrogen and oxygen atoms in total. The summed E-state index contributed by atoms with van der Waals surface area (Å²) in [5.41, 5.74) is 0. The zero-order valence-corrected chi connectivity index (χ0v) is 18.8. The number of rotatable bonds is 9. The van der Waals surface area contributed by atoms with E-state index in [1.54, 1.807) is 0 Å². The van der Waals surface area contributed by atoms with E-state index in [4.69, 9.17) is 9.73 Å². The number of nitrogens with zero attached hydrogens (tertiary/aromatic N) is 3. The fourth-order valence-corrected chi connectivity index (χ4v) is 3.09. The van der Waals surface area contributed by atoms with E-state index in [-0.39, 0.29) is 35.9 Å². The van der Waals surface area contributed by atoms with Crippen molar-refractivity contribution in [3.8, 4) is 0 Å². The maximum absolute atomic E-state index is 12.0. The molecule has 0 amide bonds. The van der Waals surface area contributed by atoms with Crippen LogP contribution in [0.1, 0.15) is 47.0 Å². The Bertz CT molecular complexity index is 393. The first-order valence-corrected chi connectivity index (χ1v) is 9.58.